The zero-order valence-electron chi connectivity index (χ0n) is 12.0. The molecule has 3 N–H and O–H groups in total. The third-order valence-electron chi connectivity index (χ3n) is 3.73. The normalized spacial score (nSPS) is 15.0. The second kappa shape index (κ2) is 5.14. The van der Waals surface area contributed by atoms with E-state index in [0.29, 0.717) is 21.4 Å². The van der Waals surface area contributed by atoms with Crippen LogP contribution < -0.4 is 10.6 Å². The number of nitrogens with one attached hydrogen (secondary N) is 1. The maximum Gasteiger partial charge on any atom is 0.216 e. The summed E-state index contributed by atoms with van der Waals surface area (Å²) >= 11 is 12.2. The molecule has 0 saturated heterocycles. The zero-order valence-corrected chi connectivity index (χ0v) is 14.3. The molecule has 0 fully saturated rings. The van der Waals surface area contributed by atoms with Crippen molar-refractivity contribution in [1.29, 1.82) is 0 Å². The third-order valence-corrected chi connectivity index (χ3v) is 6.06. The number of anilines is 4. The molecule has 0 spiro atoms. The molecule has 1 aliphatic heterocycles. The fraction of sp³-hybridized carbons (Fsp3) is 0. The van der Waals surface area contributed by atoms with Crippen molar-refractivity contribution in [1.82, 2.24) is 10.2 Å². The summed E-state index contributed by atoms with van der Waals surface area (Å²) in [6, 6.07) is 11.5. The molecule has 0 atom stereocenters. The minimum Gasteiger partial charge on any atom is -0.383 e. The molecule has 2 aromatic carbocycles. The number of halogens is 2. The lowest BCUT2D eigenvalue weighted by molar-refractivity contribution is 0.595. The predicted octanol–water partition coefficient (Wildman–Crippen LogP) is 3.91. The maximum atomic E-state index is 12.9. The quantitative estimate of drug-likeness (QED) is 0.522. The number of aromatic amines is 1. The van der Waals surface area contributed by atoms with Crippen LogP contribution in [-0.4, -0.2) is 18.6 Å². The number of hydrogen-bond acceptors (Lipinski definition) is 5. The number of benzene rings is 2. The summed E-state index contributed by atoms with van der Waals surface area (Å²) in [5.41, 5.74) is 6.86. The number of rotatable bonds is 1. The summed E-state index contributed by atoms with van der Waals surface area (Å²) < 4.78 is 25.8. The number of fused-ring (bicyclic) bond motifs is 2. The van der Waals surface area contributed by atoms with Crippen molar-refractivity contribution in [3.63, 3.8) is 0 Å². The van der Waals surface area contributed by atoms with Gasteiger partial charge in [0.05, 0.1) is 10.6 Å². The highest BCUT2D eigenvalue weighted by Crippen LogP contribution is 2.49. The molecule has 6 nitrogen and oxygen atoms in total. The molecule has 122 valence electrons. The summed E-state index contributed by atoms with van der Waals surface area (Å²) in [7, 11) is -3.81. The monoisotopic (exact) mass is 380 g/mol. The van der Waals surface area contributed by atoms with Crippen molar-refractivity contribution < 1.29 is 8.42 Å². The van der Waals surface area contributed by atoms with Crippen LogP contribution in [0.4, 0.5) is 23.0 Å². The number of nitrogens with zero attached hydrogens (tertiary/aromatic N) is 2. The Morgan fingerprint density at radius 2 is 1.83 bits per heavy atom. The van der Waals surface area contributed by atoms with Gasteiger partial charge < -0.3 is 5.73 Å². The fourth-order valence-corrected chi connectivity index (χ4v) is 4.70. The van der Waals surface area contributed by atoms with Crippen LogP contribution in [-0.2, 0) is 9.84 Å². The predicted molar refractivity (Wildman–Crippen MR) is 93.2 cm³/mol. The van der Waals surface area contributed by atoms with Crippen LogP contribution in [0, 0.1) is 0 Å². The largest absolute Gasteiger partial charge is 0.383 e. The molecule has 2 heterocycles. The van der Waals surface area contributed by atoms with E-state index in [1.165, 1.54) is 12.1 Å². The number of nitrogen functional groups attached to an aromatic ring is 1. The van der Waals surface area contributed by atoms with E-state index in [0.717, 1.165) is 0 Å². The van der Waals surface area contributed by atoms with E-state index in [4.69, 9.17) is 28.9 Å². The van der Waals surface area contributed by atoms with Crippen LogP contribution in [0.1, 0.15) is 0 Å². The Bertz CT molecular complexity index is 1080. The Balaban J connectivity index is 2.10. The van der Waals surface area contributed by atoms with Crippen LogP contribution in [0.2, 0.25) is 10.0 Å². The third kappa shape index (κ3) is 2.09. The highest BCUT2D eigenvalue weighted by molar-refractivity contribution is 7.92. The Morgan fingerprint density at radius 3 is 2.58 bits per heavy atom. The molecule has 0 unspecified atom stereocenters. The van der Waals surface area contributed by atoms with Crippen molar-refractivity contribution in [3.05, 3.63) is 52.5 Å². The first-order chi connectivity index (χ1) is 11.4. The lowest BCUT2D eigenvalue weighted by atomic mass is 10.2. The number of nitrogens with two attached hydrogens (primary N) is 1. The van der Waals surface area contributed by atoms with Crippen LogP contribution >= 0.6 is 23.2 Å². The molecule has 0 aliphatic carbocycles. The number of aromatic nitrogens is 2. The van der Waals surface area contributed by atoms with Crippen molar-refractivity contribution in [2.24, 2.45) is 0 Å². The molecular formula is C15H10Cl2N4O2S. The van der Waals surface area contributed by atoms with Gasteiger partial charge in [-0.15, -0.1) is 0 Å². The van der Waals surface area contributed by atoms with Gasteiger partial charge in [-0.1, -0.05) is 29.3 Å². The molecule has 0 bridgehead atoms. The Hall–Kier alpha value is -2.22. The topological polar surface area (TPSA) is 92.1 Å². The van der Waals surface area contributed by atoms with Gasteiger partial charge in [-0.2, -0.15) is 5.10 Å². The summed E-state index contributed by atoms with van der Waals surface area (Å²) in [6.07, 6.45) is 0. The molecule has 0 amide bonds. The Kier molecular flexibility index (Phi) is 3.28. The van der Waals surface area contributed by atoms with Gasteiger partial charge in [-0.3, -0.25) is 10.00 Å². The average molecular weight is 381 g/mol. The average Bonchev–Trinajstić information content (AvgIpc) is 2.90. The molecule has 3 aromatic rings. The molecule has 1 aliphatic rings. The van der Waals surface area contributed by atoms with Gasteiger partial charge in [-0.25, -0.2) is 8.42 Å². The first-order valence-electron chi connectivity index (χ1n) is 6.84. The van der Waals surface area contributed by atoms with Gasteiger partial charge >= 0.3 is 0 Å². The number of hydrogen-bond donors (Lipinski definition) is 2. The van der Waals surface area contributed by atoms with E-state index in [1.807, 2.05) is 0 Å². The second-order valence-electron chi connectivity index (χ2n) is 5.22. The van der Waals surface area contributed by atoms with Gasteiger partial charge in [-0.05, 0) is 36.4 Å². The van der Waals surface area contributed by atoms with Crippen molar-refractivity contribution in [2.75, 3.05) is 10.6 Å². The van der Waals surface area contributed by atoms with Gasteiger partial charge in [0.15, 0.2) is 10.7 Å². The summed E-state index contributed by atoms with van der Waals surface area (Å²) in [5, 5.41) is 7.53. The minimum atomic E-state index is -3.81. The van der Waals surface area contributed by atoms with Crippen LogP contribution in [0.15, 0.2) is 52.3 Å². The maximum absolute atomic E-state index is 12.9. The fourth-order valence-electron chi connectivity index (χ4n) is 2.74. The molecule has 1 aromatic heterocycles. The second-order valence-corrected chi connectivity index (χ2v) is 7.95. The molecule has 9 heteroatoms. The molecule has 0 radical (unpaired) electrons. The van der Waals surface area contributed by atoms with Gasteiger partial charge in [0.25, 0.3) is 0 Å². The number of sulfone groups is 1. The minimum absolute atomic E-state index is 0.0161. The first-order valence-corrected chi connectivity index (χ1v) is 9.07. The number of H-pyrrole nitrogens is 1. The van der Waals surface area contributed by atoms with E-state index in [2.05, 4.69) is 10.2 Å². The van der Waals surface area contributed by atoms with E-state index in [9.17, 15) is 8.42 Å². The SMILES string of the molecule is Nc1[nH]nc2c1S(=O)(=O)c1ccc(Cl)cc1N2c1cccc(Cl)c1. The Morgan fingerprint density at radius 1 is 1.08 bits per heavy atom. The van der Waals surface area contributed by atoms with Crippen molar-refractivity contribution >= 4 is 56.0 Å². The lowest BCUT2D eigenvalue weighted by Crippen LogP contribution is -2.22. The zero-order chi connectivity index (χ0) is 17.1. The van der Waals surface area contributed by atoms with Crippen LogP contribution in [0.25, 0.3) is 0 Å². The van der Waals surface area contributed by atoms with E-state index in [1.54, 1.807) is 35.2 Å². The van der Waals surface area contributed by atoms with Crippen LogP contribution in [0.5, 0.6) is 0 Å². The smallest absolute Gasteiger partial charge is 0.216 e. The molecular weight excluding hydrogens is 371 g/mol. The highest BCUT2D eigenvalue weighted by atomic mass is 35.5. The van der Waals surface area contributed by atoms with Gasteiger partial charge in [0, 0.05) is 15.7 Å². The molecule has 24 heavy (non-hydrogen) atoms. The summed E-state index contributed by atoms with van der Waals surface area (Å²) in [5.74, 6) is 0.169. The Labute approximate surface area is 147 Å². The molecule has 0 saturated carbocycles. The summed E-state index contributed by atoms with van der Waals surface area (Å²) in [6.45, 7) is 0. The summed E-state index contributed by atoms with van der Waals surface area (Å²) in [4.78, 5) is 1.71. The lowest BCUT2D eigenvalue weighted by Gasteiger charge is -2.30. The van der Waals surface area contributed by atoms with Crippen molar-refractivity contribution in [2.45, 2.75) is 9.79 Å². The van der Waals surface area contributed by atoms with Gasteiger partial charge in [0.2, 0.25) is 9.84 Å². The van der Waals surface area contributed by atoms with E-state index < -0.39 is 9.84 Å². The first kappa shape index (κ1) is 15.3. The van der Waals surface area contributed by atoms with E-state index >= 15 is 0 Å². The molecule has 4 rings (SSSR count). The highest BCUT2D eigenvalue weighted by Gasteiger charge is 2.39. The standard InChI is InChI=1S/C15H10Cl2N4O2S/c16-8-2-1-3-10(6-8)21-11-7-9(17)4-5-12(11)24(22,23)13-14(18)19-20-15(13)21/h1-7H,(H3,18,19,20). The van der Waals surface area contributed by atoms with E-state index in [-0.39, 0.29) is 21.4 Å². The van der Waals surface area contributed by atoms with Crippen molar-refractivity contribution in [3.8, 4) is 0 Å². The van der Waals surface area contributed by atoms with Crippen LogP contribution in [0.3, 0.4) is 0 Å². The van der Waals surface area contributed by atoms with Gasteiger partial charge in [0.1, 0.15) is 5.82 Å².